The molecular weight excluding hydrogens is 334 g/mol. The van der Waals surface area contributed by atoms with Crippen molar-refractivity contribution in [1.82, 2.24) is 24.4 Å². The number of piperidine rings is 1. The zero-order chi connectivity index (χ0) is 18.3. The highest BCUT2D eigenvalue weighted by atomic mass is 15.1. The lowest BCUT2D eigenvalue weighted by Gasteiger charge is -2.40. The highest BCUT2D eigenvalue weighted by Gasteiger charge is 2.43. The van der Waals surface area contributed by atoms with Crippen molar-refractivity contribution in [3.8, 4) is 5.69 Å². The minimum atomic E-state index is 0.234. The Balaban J connectivity index is 1.33. The molecule has 1 fully saturated rings. The van der Waals surface area contributed by atoms with Gasteiger partial charge in [0.1, 0.15) is 5.82 Å². The number of imidazole rings is 1. The van der Waals surface area contributed by atoms with Crippen LogP contribution in [-0.4, -0.2) is 37.5 Å². The largest absolute Gasteiger partial charge is 0.306 e. The van der Waals surface area contributed by atoms with Gasteiger partial charge in [0.2, 0.25) is 0 Å². The molecule has 1 aliphatic carbocycles. The second-order valence-corrected chi connectivity index (χ2v) is 8.02. The van der Waals surface area contributed by atoms with Gasteiger partial charge in [0.15, 0.2) is 0 Å². The van der Waals surface area contributed by atoms with Crippen LogP contribution >= 0.6 is 0 Å². The predicted molar refractivity (Wildman–Crippen MR) is 105 cm³/mol. The molecule has 5 nitrogen and oxygen atoms in total. The number of aromatic nitrogens is 4. The van der Waals surface area contributed by atoms with E-state index in [1.54, 1.807) is 0 Å². The second-order valence-electron chi connectivity index (χ2n) is 8.02. The lowest BCUT2D eigenvalue weighted by atomic mass is 9.77. The van der Waals surface area contributed by atoms with Gasteiger partial charge in [-0.2, -0.15) is 0 Å². The summed E-state index contributed by atoms with van der Waals surface area (Å²) in [4.78, 5) is 16.0. The monoisotopic (exact) mass is 359 g/mol. The minimum absolute atomic E-state index is 0.234. The summed E-state index contributed by atoms with van der Waals surface area (Å²) >= 11 is 0. The lowest BCUT2D eigenvalue weighted by molar-refractivity contribution is 0.136. The molecule has 0 N–H and O–H groups in total. The number of aryl methyl sites for hydroxylation is 2. The molecule has 138 valence electrons. The van der Waals surface area contributed by atoms with Gasteiger partial charge in [0, 0.05) is 42.8 Å². The van der Waals surface area contributed by atoms with Crippen LogP contribution < -0.4 is 0 Å². The molecule has 3 heterocycles. The summed E-state index contributed by atoms with van der Waals surface area (Å²) in [7, 11) is 0. The van der Waals surface area contributed by atoms with E-state index in [9.17, 15) is 0 Å². The quantitative estimate of drug-likeness (QED) is 0.719. The molecule has 1 saturated heterocycles. The first-order valence-electron chi connectivity index (χ1n) is 9.85. The standard InChI is InChI=1S/C22H25N5/c1-17-24-13-19-7-9-22(21(19)25-17)8-2-11-26(15-22)14-18-3-5-20(6-4-18)27-12-10-23-16-27/h3-6,10,12-13,16H,2,7-9,11,14-15H2,1H3. The minimum Gasteiger partial charge on any atom is -0.306 e. The number of benzene rings is 1. The fraction of sp³-hybridized carbons (Fsp3) is 0.409. The smallest absolute Gasteiger partial charge is 0.125 e. The number of nitrogens with zero attached hydrogens (tertiary/aromatic N) is 5. The molecule has 0 bridgehead atoms. The first kappa shape index (κ1) is 16.6. The first-order valence-corrected chi connectivity index (χ1v) is 9.85. The summed E-state index contributed by atoms with van der Waals surface area (Å²) < 4.78 is 2.04. The van der Waals surface area contributed by atoms with E-state index in [1.807, 2.05) is 30.2 Å². The van der Waals surface area contributed by atoms with Crippen LogP contribution in [0, 0.1) is 6.92 Å². The molecule has 1 atom stereocenters. The predicted octanol–water partition coefficient (Wildman–Crippen LogP) is 3.45. The van der Waals surface area contributed by atoms with Crippen LogP contribution in [-0.2, 0) is 18.4 Å². The molecule has 2 aromatic heterocycles. The maximum atomic E-state index is 4.87. The Morgan fingerprint density at radius 2 is 2.04 bits per heavy atom. The third-order valence-corrected chi connectivity index (χ3v) is 6.16. The maximum absolute atomic E-state index is 4.87. The molecule has 0 radical (unpaired) electrons. The Morgan fingerprint density at radius 1 is 1.15 bits per heavy atom. The molecule has 1 aromatic carbocycles. The molecule has 1 spiro atoms. The van der Waals surface area contributed by atoms with Gasteiger partial charge in [-0.15, -0.1) is 0 Å². The lowest BCUT2D eigenvalue weighted by Crippen LogP contribution is -2.45. The summed E-state index contributed by atoms with van der Waals surface area (Å²) in [5.41, 5.74) is 5.46. The van der Waals surface area contributed by atoms with Crippen LogP contribution in [0.15, 0.2) is 49.2 Å². The fourth-order valence-corrected chi connectivity index (χ4v) is 4.83. The maximum Gasteiger partial charge on any atom is 0.125 e. The van der Waals surface area contributed by atoms with Gasteiger partial charge in [-0.1, -0.05) is 12.1 Å². The summed E-state index contributed by atoms with van der Waals surface area (Å²) in [6.07, 6.45) is 12.5. The number of fused-ring (bicyclic) bond motifs is 2. The van der Waals surface area contributed by atoms with Gasteiger partial charge in [-0.05, 0) is 62.4 Å². The van der Waals surface area contributed by atoms with Crippen molar-refractivity contribution in [3.63, 3.8) is 0 Å². The summed E-state index contributed by atoms with van der Waals surface area (Å²) in [6.45, 7) is 5.30. The molecular formula is C22H25N5. The van der Waals surface area contributed by atoms with Crippen LogP contribution in [0.4, 0.5) is 0 Å². The zero-order valence-electron chi connectivity index (χ0n) is 15.8. The summed E-state index contributed by atoms with van der Waals surface area (Å²) in [6, 6.07) is 8.84. The Bertz CT molecular complexity index is 928. The molecule has 3 aromatic rings. The van der Waals surface area contributed by atoms with Crippen LogP contribution in [0.3, 0.4) is 0 Å². The molecule has 1 aliphatic heterocycles. The van der Waals surface area contributed by atoms with E-state index in [4.69, 9.17) is 4.98 Å². The number of rotatable bonds is 3. The van der Waals surface area contributed by atoms with Crippen LogP contribution in [0.1, 0.15) is 41.9 Å². The molecule has 1 unspecified atom stereocenters. The van der Waals surface area contributed by atoms with E-state index < -0.39 is 0 Å². The van der Waals surface area contributed by atoms with Crippen molar-refractivity contribution in [2.75, 3.05) is 13.1 Å². The van der Waals surface area contributed by atoms with E-state index in [1.165, 1.54) is 42.6 Å². The van der Waals surface area contributed by atoms with Crippen molar-refractivity contribution in [2.24, 2.45) is 0 Å². The third kappa shape index (κ3) is 3.06. The van der Waals surface area contributed by atoms with Crippen LogP contribution in [0.25, 0.3) is 5.69 Å². The van der Waals surface area contributed by atoms with Crippen LogP contribution in [0.2, 0.25) is 0 Å². The number of likely N-dealkylation sites (tertiary alicyclic amines) is 1. The van der Waals surface area contributed by atoms with Gasteiger partial charge < -0.3 is 4.57 Å². The topological polar surface area (TPSA) is 46.8 Å². The van der Waals surface area contributed by atoms with Crippen molar-refractivity contribution >= 4 is 0 Å². The van der Waals surface area contributed by atoms with Crippen molar-refractivity contribution in [3.05, 3.63) is 71.8 Å². The molecule has 5 heteroatoms. The van der Waals surface area contributed by atoms with E-state index in [0.717, 1.165) is 31.0 Å². The molecule has 2 aliphatic rings. The average Bonchev–Trinajstić information content (AvgIpc) is 3.33. The number of hydrogen-bond acceptors (Lipinski definition) is 4. The normalized spacial score (nSPS) is 22.3. The summed E-state index contributed by atoms with van der Waals surface area (Å²) in [5.74, 6) is 0.905. The SMILES string of the molecule is Cc1ncc2c(n1)C1(CCCN(Cc3ccc(-n4ccnc4)cc3)C1)CC2. The van der Waals surface area contributed by atoms with Gasteiger partial charge >= 0.3 is 0 Å². The van der Waals surface area contributed by atoms with Crippen molar-refractivity contribution in [2.45, 2.75) is 44.6 Å². The van der Waals surface area contributed by atoms with Gasteiger partial charge in [-0.3, -0.25) is 4.90 Å². The van der Waals surface area contributed by atoms with Crippen molar-refractivity contribution in [1.29, 1.82) is 0 Å². The first-order chi connectivity index (χ1) is 13.2. The Kier molecular flexibility index (Phi) is 4.05. The summed E-state index contributed by atoms with van der Waals surface area (Å²) in [5, 5.41) is 0. The zero-order valence-corrected chi connectivity index (χ0v) is 15.8. The van der Waals surface area contributed by atoms with Crippen LogP contribution in [0.5, 0.6) is 0 Å². The van der Waals surface area contributed by atoms with Gasteiger partial charge in [-0.25, -0.2) is 15.0 Å². The van der Waals surface area contributed by atoms with E-state index in [-0.39, 0.29) is 5.41 Å². The Hall–Kier alpha value is -2.53. The molecule has 0 amide bonds. The van der Waals surface area contributed by atoms with E-state index in [2.05, 4.69) is 45.3 Å². The van der Waals surface area contributed by atoms with Gasteiger partial charge in [0.25, 0.3) is 0 Å². The van der Waals surface area contributed by atoms with Crippen molar-refractivity contribution < 1.29 is 0 Å². The van der Waals surface area contributed by atoms with Gasteiger partial charge in [0.05, 0.1) is 12.0 Å². The second kappa shape index (κ2) is 6.57. The Morgan fingerprint density at radius 3 is 2.85 bits per heavy atom. The number of hydrogen-bond donors (Lipinski definition) is 0. The highest BCUT2D eigenvalue weighted by Crippen LogP contribution is 2.44. The Labute approximate surface area is 160 Å². The third-order valence-electron chi connectivity index (χ3n) is 6.16. The average molecular weight is 359 g/mol. The van der Waals surface area contributed by atoms with E-state index in [0.29, 0.717) is 0 Å². The molecule has 5 rings (SSSR count). The fourth-order valence-electron chi connectivity index (χ4n) is 4.83. The molecule has 0 saturated carbocycles. The van der Waals surface area contributed by atoms with E-state index >= 15 is 0 Å². The molecule has 27 heavy (non-hydrogen) atoms. The highest BCUT2D eigenvalue weighted by molar-refractivity contribution is 5.36.